The van der Waals surface area contributed by atoms with Crippen LogP contribution in [0.5, 0.6) is 5.75 Å². The molecule has 2 N–H and O–H groups in total. The molecule has 5 nitrogen and oxygen atoms in total. The summed E-state index contributed by atoms with van der Waals surface area (Å²) in [4.78, 5) is 2.26. The molecule has 0 amide bonds. The summed E-state index contributed by atoms with van der Waals surface area (Å²) in [6, 6.07) is 24.5. The largest absolute Gasteiger partial charge is 0.497 e. The average Bonchev–Trinajstić information content (AvgIpc) is 3.14. The van der Waals surface area contributed by atoms with Crippen molar-refractivity contribution in [2.75, 3.05) is 26.7 Å². The van der Waals surface area contributed by atoms with Gasteiger partial charge in [0.25, 0.3) is 0 Å². The van der Waals surface area contributed by atoms with Gasteiger partial charge >= 0.3 is 0 Å². The highest BCUT2D eigenvalue weighted by Crippen LogP contribution is 2.34. The number of halogens is 1. The number of benzene rings is 3. The van der Waals surface area contributed by atoms with Crippen molar-refractivity contribution in [3.63, 3.8) is 0 Å². The summed E-state index contributed by atoms with van der Waals surface area (Å²) in [5.74, 6) is 0.794. The molecule has 174 valence electrons. The van der Waals surface area contributed by atoms with E-state index in [0.29, 0.717) is 25.9 Å². The zero-order valence-corrected chi connectivity index (χ0v) is 19.7. The number of likely N-dealkylation sites (tertiary alicyclic amines) is 1. The zero-order valence-electron chi connectivity index (χ0n) is 18.9. The van der Waals surface area contributed by atoms with Crippen LogP contribution in [0.25, 0.3) is 21.8 Å². The molecule has 1 atom stereocenters. The topological polar surface area (TPSA) is 57.9 Å². The molecule has 5 rings (SSSR count). The lowest BCUT2D eigenvalue weighted by molar-refractivity contribution is -0.0351. The van der Waals surface area contributed by atoms with Gasteiger partial charge in [-0.2, -0.15) is 0 Å². The lowest BCUT2D eigenvalue weighted by atomic mass is 9.84. The summed E-state index contributed by atoms with van der Waals surface area (Å²) in [6.07, 6.45) is 0.824. The third-order valence-corrected chi connectivity index (χ3v) is 6.85. The molecule has 1 unspecified atom stereocenters. The third kappa shape index (κ3) is 4.59. The van der Waals surface area contributed by atoms with Crippen LogP contribution in [0.1, 0.15) is 18.4 Å². The molecule has 0 spiro atoms. The number of hydrogen-bond acceptors (Lipinski definition) is 4. The van der Waals surface area contributed by atoms with Crippen LogP contribution in [0.4, 0.5) is 0 Å². The quantitative estimate of drug-likeness (QED) is 0.437. The van der Waals surface area contributed by atoms with Crippen molar-refractivity contribution in [2.45, 2.75) is 31.1 Å². The Morgan fingerprint density at radius 2 is 1.39 bits per heavy atom. The van der Waals surface area contributed by atoms with Crippen molar-refractivity contribution in [3.8, 4) is 5.75 Å². The number of nitrogens with zero attached hydrogens (tertiary/aromatic N) is 2. The first-order valence-corrected chi connectivity index (χ1v) is 11.3. The second kappa shape index (κ2) is 9.74. The summed E-state index contributed by atoms with van der Waals surface area (Å²) in [5.41, 5.74) is 2.42. The smallest absolute Gasteiger partial charge is 0.118 e. The Bertz CT molecular complexity index is 1160. The molecular formula is C27H31ClN2O3. The minimum atomic E-state index is -0.819. The van der Waals surface area contributed by atoms with Crippen LogP contribution in [-0.2, 0) is 12.1 Å². The first-order valence-electron chi connectivity index (χ1n) is 11.3. The first-order chi connectivity index (χ1) is 15.6. The number of aromatic nitrogens is 1. The van der Waals surface area contributed by atoms with Crippen LogP contribution in [0.3, 0.4) is 0 Å². The molecule has 0 aliphatic carbocycles. The highest BCUT2D eigenvalue weighted by Gasteiger charge is 2.34. The molecular weight excluding hydrogens is 436 g/mol. The van der Waals surface area contributed by atoms with E-state index in [0.717, 1.165) is 35.4 Å². The van der Waals surface area contributed by atoms with E-state index in [9.17, 15) is 10.2 Å². The van der Waals surface area contributed by atoms with Crippen molar-refractivity contribution >= 4 is 34.2 Å². The maximum atomic E-state index is 11.2. The Morgan fingerprint density at radius 1 is 0.848 bits per heavy atom. The van der Waals surface area contributed by atoms with Crippen LogP contribution < -0.4 is 4.74 Å². The Morgan fingerprint density at radius 3 is 1.94 bits per heavy atom. The first kappa shape index (κ1) is 23.6. The minimum Gasteiger partial charge on any atom is -0.497 e. The van der Waals surface area contributed by atoms with Gasteiger partial charge in [-0.05, 0) is 42.7 Å². The van der Waals surface area contributed by atoms with E-state index < -0.39 is 11.7 Å². The molecule has 1 aliphatic rings. The molecule has 1 aliphatic heterocycles. The van der Waals surface area contributed by atoms with Crippen LogP contribution in [0.15, 0.2) is 72.8 Å². The number of piperidine rings is 1. The van der Waals surface area contributed by atoms with E-state index in [4.69, 9.17) is 4.74 Å². The summed E-state index contributed by atoms with van der Waals surface area (Å²) in [5, 5.41) is 24.6. The number of aliphatic hydroxyl groups is 2. The van der Waals surface area contributed by atoms with Gasteiger partial charge in [-0.3, -0.25) is 0 Å². The van der Waals surface area contributed by atoms with Crippen molar-refractivity contribution in [3.05, 3.63) is 78.4 Å². The van der Waals surface area contributed by atoms with Crippen molar-refractivity contribution in [1.82, 2.24) is 9.47 Å². The van der Waals surface area contributed by atoms with Crippen LogP contribution >= 0.6 is 12.4 Å². The van der Waals surface area contributed by atoms with Crippen LogP contribution in [0, 0.1) is 0 Å². The molecule has 1 aromatic heterocycles. The fourth-order valence-corrected chi connectivity index (χ4v) is 5.06. The number of methoxy groups -OCH3 is 1. The Balaban J connectivity index is 0.00000259. The Kier molecular flexibility index (Phi) is 6.96. The third-order valence-electron chi connectivity index (χ3n) is 6.85. The maximum absolute atomic E-state index is 11.2. The van der Waals surface area contributed by atoms with Crippen molar-refractivity contribution < 1.29 is 14.9 Å². The van der Waals surface area contributed by atoms with E-state index in [1.54, 1.807) is 7.11 Å². The fraction of sp³-hybridized carbons (Fsp3) is 0.333. The minimum absolute atomic E-state index is 0. The maximum Gasteiger partial charge on any atom is 0.118 e. The molecule has 0 bridgehead atoms. The molecule has 1 saturated heterocycles. The zero-order chi connectivity index (χ0) is 22.1. The predicted molar refractivity (Wildman–Crippen MR) is 135 cm³/mol. The highest BCUT2D eigenvalue weighted by molar-refractivity contribution is 6.07. The summed E-state index contributed by atoms with van der Waals surface area (Å²) >= 11 is 0. The Hall–Kier alpha value is -2.57. The lowest BCUT2D eigenvalue weighted by Crippen LogP contribution is -2.45. The number of rotatable bonds is 6. The predicted octanol–water partition coefficient (Wildman–Crippen LogP) is 4.57. The number of para-hydroxylation sites is 2. The van der Waals surface area contributed by atoms with E-state index in [1.165, 1.54) is 10.8 Å². The van der Waals surface area contributed by atoms with Gasteiger partial charge in [0.15, 0.2) is 0 Å². The molecule has 0 radical (unpaired) electrons. The molecule has 1 fully saturated rings. The Labute approximate surface area is 200 Å². The normalized spacial score (nSPS) is 17.1. The summed E-state index contributed by atoms with van der Waals surface area (Å²) < 4.78 is 7.46. The average molecular weight is 467 g/mol. The lowest BCUT2D eigenvalue weighted by Gasteiger charge is -2.39. The molecule has 3 aromatic carbocycles. The van der Waals surface area contributed by atoms with E-state index in [2.05, 4.69) is 58.0 Å². The summed E-state index contributed by atoms with van der Waals surface area (Å²) in [6.45, 7) is 2.66. The van der Waals surface area contributed by atoms with Gasteiger partial charge in [-0.1, -0.05) is 48.5 Å². The molecule has 2 heterocycles. The van der Waals surface area contributed by atoms with E-state index in [-0.39, 0.29) is 12.4 Å². The van der Waals surface area contributed by atoms with E-state index >= 15 is 0 Å². The van der Waals surface area contributed by atoms with Gasteiger partial charge in [0.1, 0.15) is 5.75 Å². The van der Waals surface area contributed by atoms with Gasteiger partial charge in [-0.25, -0.2) is 0 Å². The number of hydrogen-bond donors (Lipinski definition) is 2. The summed E-state index contributed by atoms with van der Waals surface area (Å²) in [7, 11) is 1.65. The molecule has 33 heavy (non-hydrogen) atoms. The van der Waals surface area contributed by atoms with E-state index in [1.807, 2.05) is 24.3 Å². The number of fused-ring (bicyclic) bond motifs is 3. The molecule has 4 aromatic rings. The monoisotopic (exact) mass is 466 g/mol. The van der Waals surface area contributed by atoms with Gasteiger partial charge in [0.05, 0.1) is 25.4 Å². The van der Waals surface area contributed by atoms with Crippen molar-refractivity contribution in [2.24, 2.45) is 0 Å². The standard InChI is InChI=1S/C27H30N2O3.ClH/c1-32-22-12-10-20(11-13-22)27(31)14-16-28(17-15-27)18-21(30)19-29-25-8-4-2-6-23(25)24-7-3-5-9-26(24)29;/h2-13,21,30-31H,14-19H2,1H3;1H. The SMILES string of the molecule is COc1ccc(C2(O)CCN(CC(O)Cn3c4ccccc4c4ccccc43)CC2)cc1.Cl. The molecule has 0 saturated carbocycles. The van der Waals surface area contributed by atoms with Crippen LogP contribution in [-0.4, -0.2) is 52.5 Å². The number of β-amino-alcohol motifs (C(OH)–C–C–N with tert-alkyl or cyclic N) is 1. The van der Waals surface area contributed by atoms with Crippen molar-refractivity contribution in [1.29, 1.82) is 0 Å². The highest BCUT2D eigenvalue weighted by atomic mass is 35.5. The van der Waals surface area contributed by atoms with Gasteiger partial charge < -0.3 is 24.4 Å². The van der Waals surface area contributed by atoms with Gasteiger partial charge in [-0.15, -0.1) is 12.4 Å². The van der Waals surface area contributed by atoms with Crippen LogP contribution in [0.2, 0.25) is 0 Å². The van der Waals surface area contributed by atoms with Gasteiger partial charge in [0, 0.05) is 41.4 Å². The second-order valence-electron chi connectivity index (χ2n) is 8.86. The number of ether oxygens (including phenoxy) is 1. The molecule has 6 heteroatoms. The van der Waals surface area contributed by atoms with Gasteiger partial charge in [0.2, 0.25) is 0 Å². The number of aliphatic hydroxyl groups excluding tert-OH is 1. The fourth-order valence-electron chi connectivity index (χ4n) is 5.06. The second-order valence-corrected chi connectivity index (χ2v) is 8.86.